The summed E-state index contributed by atoms with van der Waals surface area (Å²) in [5.74, 6) is 0. The van der Waals surface area contributed by atoms with Gasteiger partial charge in [0, 0.05) is 9.86 Å². The van der Waals surface area contributed by atoms with E-state index in [-0.39, 0.29) is 0 Å². The second kappa shape index (κ2) is 3.53. The Morgan fingerprint density at radius 1 is 0.889 bits per heavy atom. The second-order valence-corrected chi connectivity index (χ2v) is 5.15. The van der Waals surface area contributed by atoms with E-state index in [0.717, 1.165) is 32.1 Å². The van der Waals surface area contributed by atoms with Crippen LogP contribution in [-0.2, 0) is 0 Å². The van der Waals surface area contributed by atoms with E-state index in [2.05, 4.69) is 54.8 Å². The van der Waals surface area contributed by atoms with Crippen molar-refractivity contribution in [2.45, 2.75) is 0 Å². The highest BCUT2D eigenvalue weighted by atomic mass is 79.9. The van der Waals surface area contributed by atoms with Crippen molar-refractivity contribution in [3.8, 4) is 0 Å². The lowest BCUT2D eigenvalue weighted by Gasteiger charge is -2.02. The van der Waals surface area contributed by atoms with Gasteiger partial charge in [0.2, 0.25) is 0 Å². The quantitative estimate of drug-likeness (QED) is 0.494. The van der Waals surface area contributed by atoms with Gasteiger partial charge in [-0.05, 0) is 36.4 Å². The molecule has 0 aliphatic rings. The molecule has 0 amide bonds. The van der Waals surface area contributed by atoms with Gasteiger partial charge in [0.25, 0.3) is 0 Å². The topological polar surface area (TPSA) is 30.2 Å². The van der Waals surface area contributed by atoms with E-state index >= 15 is 0 Å². The van der Waals surface area contributed by atoms with Crippen LogP contribution < -0.4 is 0 Å². The molecule has 0 saturated heterocycles. The number of benzene rings is 2. The Morgan fingerprint density at radius 2 is 1.78 bits per heavy atom. The van der Waals surface area contributed by atoms with Crippen molar-refractivity contribution in [2.75, 3.05) is 0 Å². The van der Waals surface area contributed by atoms with Crippen molar-refractivity contribution in [2.24, 2.45) is 0 Å². The number of rotatable bonds is 0. The molecular weight excluding hydrogens is 290 g/mol. The average Bonchev–Trinajstić information content (AvgIpc) is 2.76. The molecule has 4 aromatic rings. The van der Waals surface area contributed by atoms with E-state index in [1.807, 2.05) is 24.3 Å². The minimum atomic E-state index is 0.877. The van der Waals surface area contributed by atoms with Crippen molar-refractivity contribution in [1.29, 1.82) is 0 Å². The van der Waals surface area contributed by atoms with Gasteiger partial charge < -0.3 is 0 Å². The summed E-state index contributed by atoms with van der Waals surface area (Å²) < 4.78 is 3.22. The molecule has 2 aromatic carbocycles. The van der Waals surface area contributed by atoms with Gasteiger partial charge in [0.1, 0.15) is 5.52 Å². The van der Waals surface area contributed by atoms with Gasteiger partial charge in [-0.2, -0.15) is 0 Å². The van der Waals surface area contributed by atoms with Crippen molar-refractivity contribution in [3.63, 3.8) is 0 Å². The molecule has 0 aliphatic carbocycles. The average molecular weight is 298 g/mol. The Balaban J connectivity index is 2.33. The van der Waals surface area contributed by atoms with E-state index in [1.54, 1.807) is 0 Å². The Hall–Kier alpha value is -1.94. The van der Waals surface area contributed by atoms with Crippen LogP contribution in [0.25, 0.3) is 27.6 Å². The van der Waals surface area contributed by atoms with Crippen LogP contribution in [0.3, 0.4) is 0 Å². The second-order valence-electron chi connectivity index (χ2n) is 4.23. The first-order valence-corrected chi connectivity index (χ1v) is 6.44. The van der Waals surface area contributed by atoms with Gasteiger partial charge in [0.05, 0.1) is 11.0 Å². The van der Waals surface area contributed by atoms with E-state index in [9.17, 15) is 0 Å². The molecule has 0 bridgehead atoms. The van der Waals surface area contributed by atoms with Gasteiger partial charge in [-0.25, -0.2) is 0 Å². The van der Waals surface area contributed by atoms with E-state index < -0.39 is 0 Å². The third-order valence-corrected chi connectivity index (χ3v) is 3.62. The molecule has 0 spiro atoms. The monoisotopic (exact) mass is 297 g/mol. The molecule has 2 aromatic heterocycles. The minimum Gasteiger partial charge on any atom is -0.291 e. The largest absolute Gasteiger partial charge is 0.291 e. The summed E-state index contributed by atoms with van der Waals surface area (Å²) in [7, 11) is 0. The standard InChI is InChI=1S/C14H8BrN3/c15-10-5-6-12-9(7-10)8-14-17-16-11-3-1-2-4-13(11)18(12)14/h1-8H. The molecule has 86 valence electrons. The summed E-state index contributed by atoms with van der Waals surface area (Å²) in [5, 5.41) is 9.68. The number of fused-ring (bicyclic) bond motifs is 5. The van der Waals surface area contributed by atoms with Crippen LogP contribution in [0, 0.1) is 0 Å². The highest BCUT2D eigenvalue weighted by Gasteiger charge is 2.07. The van der Waals surface area contributed by atoms with Gasteiger partial charge in [0.15, 0.2) is 5.65 Å². The molecule has 0 aliphatic heterocycles. The van der Waals surface area contributed by atoms with Crippen molar-refractivity contribution >= 4 is 43.5 Å². The van der Waals surface area contributed by atoms with Crippen LogP contribution in [-0.4, -0.2) is 14.6 Å². The normalized spacial score (nSPS) is 11.6. The van der Waals surface area contributed by atoms with E-state index in [0.29, 0.717) is 0 Å². The van der Waals surface area contributed by atoms with Crippen molar-refractivity contribution in [3.05, 3.63) is 53.0 Å². The summed E-state index contributed by atoms with van der Waals surface area (Å²) in [4.78, 5) is 0. The number of para-hydroxylation sites is 1. The molecule has 4 rings (SSSR count). The molecule has 0 unspecified atom stereocenters. The van der Waals surface area contributed by atoms with Gasteiger partial charge in [-0.3, -0.25) is 4.40 Å². The summed E-state index contributed by atoms with van der Waals surface area (Å²) >= 11 is 3.49. The zero-order chi connectivity index (χ0) is 12.1. The van der Waals surface area contributed by atoms with Crippen molar-refractivity contribution < 1.29 is 0 Å². The summed E-state index contributed by atoms with van der Waals surface area (Å²) in [6.07, 6.45) is 0. The van der Waals surface area contributed by atoms with Crippen LogP contribution >= 0.6 is 15.9 Å². The van der Waals surface area contributed by atoms with Crippen LogP contribution in [0.1, 0.15) is 0 Å². The Morgan fingerprint density at radius 3 is 2.72 bits per heavy atom. The maximum Gasteiger partial charge on any atom is 0.160 e. The molecule has 0 atom stereocenters. The highest BCUT2D eigenvalue weighted by Crippen LogP contribution is 2.25. The molecule has 3 nitrogen and oxygen atoms in total. The van der Waals surface area contributed by atoms with Crippen LogP contribution in [0.4, 0.5) is 0 Å². The van der Waals surface area contributed by atoms with Crippen LogP contribution in [0.2, 0.25) is 0 Å². The molecule has 18 heavy (non-hydrogen) atoms. The number of hydrogen-bond acceptors (Lipinski definition) is 2. The zero-order valence-corrected chi connectivity index (χ0v) is 10.9. The third-order valence-electron chi connectivity index (χ3n) is 3.13. The number of aromatic nitrogens is 3. The van der Waals surface area contributed by atoms with Gasteiger partial charge in [-0.1, -0.05) is 28.1 Å². The summed E-state index contributed by atoms with van der Waals surface area (Å²) in [5.41, 5.74) is 4.02. The third kappa shape index (κ3) is 1.29. The summed E-state index contributed by atoms with van der Waals surface area (Å²) in [6, 6.07) is 16.3. The molecule has 0 radical (unpaired) electrons. The molecule has 2 heterocycles. The Kier molecular flexibility index (Phi) is 1.96. The molecule has 0 saturated carbocycles. The minimum absolute atomic E-state index is 0.877. The molecular formula is C14H8BrN3. The first-order valence-electron chi connectivity index (χ1n) is 5.65. The predicted molar refractivity (Wildman–Crippen MR) is 75.7 cm³/mol. The first kappa shape index (κ1) is 10.0. The Bertz CT molecular complexity index is 895. The molecule has 0 N–H and O–H groups in total. The van der Waals surface area contributed by atoms with Crippen LogP contribution in [0.5, 0.6) is 0 Å². The SMILES string of the molecule is Brc1ccc2c(c1)cc1nnc3ccccc3n12. The fourth-order valence-electron chi connectivity index (χ4n) is 2.34. The van der Waals surface area contributed by atoms with E-state index in [4.69, 9.17) is 0 Å². The highest BCUT2D eigenvalue weighted by molar-refractivity contribution is 9.10. The lowest BCUT2D eigenvalue weighted by atomic mass is 10.2. The van der Waals surface area contributed by atoms with E-state index in [1.165, 1.54) is 0 Å². The molecule has 4 heteroatoms. The fourth-order valence-corrected chi connectivity index (χ4v) is 2.72. The number of nitrogens with zero attached hydrogens (tertiary/aromatic N) is 3. The summed E-state index contributed by atoms with van der Waals surface area (Å²) in [6.45, 7) is 0. The van der Waals surface area contributed by atoms with Crippen molar-refractivity contribution in [1.82, 2.24) is 14.6 Å². The zero-order valence-electron chi connectivity index (χ0n) is 9.34. The number of halogens is 1. The predicted octanol–water partition coefficient (Wildman–Crippen LogP) is 3.80. The fraction of sp³-hybridized carbons (Fsp3) is 0. The van der Waals surface area contributed by atoms with Gasteiger partial charge in [-0.15, -0.1) is 10.2 Å². The number of hydrogen-bond donors (Lipinski definition) is 0. The smallest absolute Gasteiger partial charge is 0.160 e. The maximum absolute atomic E-state index is 4.27. The van der Waals surface area contributed by atoms with Crippen LogP contribution in [0.15, 0.2) is 53.0 Å². The molecule has 0 fully saturated rings. The maximum atomic E-state index is 4.27. The first-order chi connectivity index (χ1) is 8.83. The van der Waals surface area contributed by atoms with Gasteiger partial charge >= 0.3 is 0 Å². The Labute approximate surface area is 111 Å². The lowest BCUT2D eigenvalue weighted by molar-refractivity contribution is 1.06. The lowest BCUT2D eigenvalue weighted by Crippen LogP contribution is -1.93.